The van der Waals surface area contributed by atoms with E-state index >= 15 is 0 Å². The molecule has 2 rings (SSSR count). The van der Waals surface area contributed by atoms with E-state index < -0.39 is 0 Å². The second kappa shape index (κ2) is 6.81. The fourth-order valence-corrected chi connectivity index (χ4v) is 4.09. The molecule has 2 N–H and O–H groups in total. The average Bonchev–Trinajstić information content (AvgIpc) is 2.81. The molecule has 0 saturated heterocycles. The molecule has 0 bridgehead atoms. The van der Waals surface area contributed by atoms with Crippen molar-refractivity contribution >= 4 is 27.7 Å². The van der Waals surface area contributed by atoms with Crippen molar-refractivity contribution < 1.29 is 0 Å². The lowest BCUT2D eigenvalue weighted by Gasteiger charge is -2.12. The Kier molecular flexibility index (Phi) is 5.39. The van der Waals surface area contributed by atoms with E-state index in [9.17, 15) is 0 Å². The zero-order valence-corrected chi connectivity index (χ0v) is 12.5. The monoisotopic (exact) mass is 313 g/mol. The van der Waals surface area contributed by atoms with Crippen LogP contribution in [0.1, 0.15) is 31.2 Å². The second-order valence-corrected chi connectivity index (χ2v) is 6.73. The van der Waals surface area contributed by atoms with Gasteiger partial charge in [0, 0.05) is 15.1 Å². The third-order valence-electron chi connectivity index (χ3n) is 3.39. The van der Waals surface area contributed by atoms with Crippen LogP contribution in [-0.4, -0.2) is 12.3 Å². The Morgan fingerprint density at radius 3 is 2.76 bits per heavy atom. The smallest absolute Gasteiger partial charge is 0.0178 e. The van der Waals surface area contributed by atoms with Crippen molar-refractivity contribution in [2.24, 2.45) is 11.7 Å². The van der Waals surface area contributed by atoms with Gasteiger partial charge in [-0.3, -0.25) is 0 Å². The largest absolute Gasteiger partial charge is 0.330 e. The molecule has 0 unspecified atom stereocenters. The molecule has 0 amide bonds. The van der Waals surface area contributed by atoms with Gasteiger partial charge in [0.25, 0.3) is 0 Å². The van der Waals surface area contributed by atoms with Crippen molar-refractivity contribution in [2.75, 3.05) is 12.3 Å². The van der Waals surface area contributed by atoms with Gasteiger partial charge < -0.3 is 5.73 Å². The highest BCUT2D eigenvalue weighted by atomic mass is 79.9. The topological polar surface area (TPSA) is 26.0 Å². The van der Waals surface area contributed by atoms with Crippen molar-refractivity contribution in [1.29, 1.82) is 0 Å². The maximum absolute atomic E-state index is 5.67. The van der Waals surface area contributed by atoms with Crippen molar-refractivity contribution in [3.63, 3.8) is 0 Å². The molecule has 1 aromatic rings. The molecule has 3 heteroatoms. The van der Waals surface area contributed by atoms with E-state index in [1.165, 1.54) is 41.9 Å². The van der Waals surface area contributed by atoms with Gasteiger partial charge in [-0.2, -0.15) is 0 Å². The predicted molar refractivity (Wildman–Crippen MR) is 79.6 cm³/mol. The van der Waals surface area contributed by atoms with Gasteiger partial charge in [-0.05, 0) is 55.5 Å². The van der Waals surface area contributed by atoms with Gasteiger partial charge >= 0.3 is 0 Å². The standard InChI is InChI=1S/C14H20BrNS/c15-13-5-6-14(12(9-13)7-8-16)17-10-11-3-1-2-4-11/h5-6,9,11H,1-4,7-8,10,16H2. The van der Waals surface area contributed by atoms with Crippen LogP contribution >= 0.6 is 27.7 Å². The van der Waals surface area contributed by atoms with Crippen LogP contribution in [0.2, 0.25) is 0 Å². The lowest BCUT2D eigenvalue weighted by Crippen LogP contribution is -2.04. The molecule has 0 spiro atoms. The van der Waals surface area contributed by atoms with Gasteiger partial charge in [0.05, 0.1) is 0 Å². The minimum atomic E-state index is 0.730. The average molecular weight is 314 g/mol. The minimum absolute atomic E-state index is 0.730. The SMILES string of the molecule is NCCc1cc(Br)ccc1SCC1CCCC1. The summed E-state index contributed by atoms with van der Waals surface area (Å²) in [6.45, 7) is 0.730. The summed E-state index contributed by atoms with van der Waals surface area (Å²) in [5.74, 6) is 2.22. The Bertz CT molecular complexity index is 361. The van der Waals surface area contributed by atoms with Gasteiger partial charge in [0.15, 0.2) is 0 Å². The zero-order chi connectivity index (χ0) is 12.1. The second-order valence-electron chi connectivity index (χ2n) is 4.75. The van der Waals surface area contributed by atoms with Gasteiger partial charge in [0.2, 0.25) is 0 Å². The van der Waals surface area contributed by atoms with E-state index in [1.807, 2.05) is 11.8 Å². The number of nitrogens with two attached hydrogens (primary N) is 1. The fourth-order valence-electron chi connectivity index (χ4n) is 2.42. The molecule has 1 aromatic carbocycles. The Morgan fingerprint density at radius 1 is 1.29 bits per heavy atom. The summed E-state index contributed by atoms with van der Waals surface area (Å²) in [6.07, 6.45) is 6.69. The van der Waals surface area contributed by atoms with Crippen LogP contribution in [0, 0.1) is 5.92 Å². The number of rotatable bonds is 5. The summed E-state index contributed by atoms with van der Waals surface area (Å²) in [7, 11) is 0. The van der Waals surface area contributed by atoms with Crippen LogP contribution in [-0.2, 0) is 6.42 Å². The first-order valence-corrected chi connectivity index (χ1v) is 8.18. The minimum Gasteiger partial charge on any atom is -0.330 e. The van der Waals surface area contributed by atoms with Crippen LogP contribution in [0.5, 0.6) is 0 Å². The van der Waals surface area contributed by atoms with Crippen LogP contribution in [0.4, 0.5) is 0 Å². The normalized spacial score (nSPS) is 16.6. The summed E-state index contributed by atoms with van der Waals surface area (Å²) < 4.78 is 1.16. The molecule has 1 nitrogen and oxygen atoms in total. The first-order valence-electron chi connectivity index (χ1n) is 6.41. The van der Waals surface area contributed by atoms with Gasteiger partial charge in [-0.15, -0.1) is 11.8 Å². The van der Waals surface area contributed by atoms with Crippen LogP contribution in [0.15, 0.2) is 27.6 Å². The molecule has 1 aliphatic carbocycles. The molecular weight excluding hydrogens is 294 g/mol. The molecule has 0 atom stereocenters. The van der Waals surface area contributed by atoms with Gasteiger partial charge in [-0.1, -0.05) is 28.8 Å². The molecule has 1 fully saturated rings. The molecule has 94 valence electrons. The maximum Gasteiger partial charge on any atom is 0.0178 e. The molecule has 0 aliphatic heterocycles. The number of thioether (sulfide) groups is 1. The number of hydrogen-bond donors (Lipinski definition) is 1. The summed E-state index contributed by atoms with van der Waals surface area (Å²) in [5, 5.41) is 0. The maximum atomic E-state index is 5.67. The van der Waals surface area contributed by atoms with E-state index in [0.717, 1.165) is 23.4 Å². The van der Waals surface area contributed by atoms with Crippen LogP contribution < -0.4 is 5.73 Å². The molecule has 1 saturated carbocycles. The van der Waals surface area contributed by atoms with Crippen molar-refractivity contribution in [1.82, 2.24) is 0 Å². The van der Waals surface area contributed by atoms with Crippen LogP contribution in [0.25, 0.3) is 0 Å². The molecule has 0 radical (unpaired) electrons. The highest BCUT2D eigenvalue weighted by molar-refractivity contribution is 9.10. The van der Waals surface area contributed by atoms with Crippen molar-refractivity contribution in [2.45, 2.75) is 37.0 Å². The van der Waals surface area contributed by atoms with Crippen molar-refractivity contribution in [3.05, 3.63) is 28.2 Å². The summed E-state index contributed by atoms with van der Waals surface area (Å²) >= 11 is 5.55. The molecular formula is C14H20BrNS. The van der Waals surface area contributed by atoms with Crippen molar-refractivity contribution in [3.8, 4) is 0 Å². The third kappa shape index (κ3) is 4.01. The summed E-state index contributed by atoms with van der Waals surface area (Å²) in [6, 6.07) is 6.58. The predicted octanol–water partition coefficient (Wildman–Crippen LogP) is 4.23. The highest BCUT2D eigenvalue weighted by Crippen LogP contribution is 2.33. The fraction of sp³-hybridized carbons (Fsp3) is 0.571. The number of halogens is 1. The van der Waals surface area contributed by atoms with E-state index in [1.54, 1.807) is 0 Å². The molecule has 0 aromatic heterocycles. The quantitative estimate of drug-likeness (QED) is 0.823. The zero-order valence-electron chi connectivity index (χ0n) is 10.1. The molecule has 1 aliphatic rings. The van der Waals surface area contributed by atoms with Crippen LogP contribution in [0.3, 0.4) is 0 Å². The molecule has 0 heterocycles. The van der Waals surface area contributed by atoms with E-state index in [0.29, 0.717) is 0 Å². The first-order chi connectivity index (χ1) is 8.29. The Morgan fingerprint density at radius 2 is 2.06 bits per heavy atom. The Hall–Kier alpha value is 0.01000. The summed E-state index contributed by atoms with van der Waals surface area (Å²) in [4.78, 5) is 1.42. The lowest BCUT2D eigenvalue weighted by molar-refractivity contribution is 0.623. The van der Waals surface area contributed by atoms with E-state index in [4.69, 9.17) is 5.73 Å². The van der Waals surface area contributed by atoms with Gasteiger partial charge in [-0.25, -0.2) is 0 Å². The third-order valence-corrected chi connectivity index (χ3v) is 5.23. The summed E-state index contributed by atoms with van der Waals surface area (Å²) in [5.41, 5.74) is 7.07. The first kappa shape index (κ1) is 13.4. The van der Waals surface area contributed by atoms with E-state index in [2.05, 4.69) is 34.1 Å². The lowest BCUT2D eigenvalue weighted by atomic mass is 10.1. The number of hydrogen-bond acceptors (Lipinski definition) is 2. The molecule has 17 heavy (non-hydrogen) atoms. The highest BCUT2D eigenvalue weighted by Gasteiger charge is 2.15. The Labute approximate surface area is 117 Å². The Balaban J connectivity index is 1.98. The van der Waals surface area contributed by atoms with Gasteiger partial charge in [0.1, 0.15) is 0 Å². The number of benzene rings is 1. The van der Waals surface area contributed by atoms with E-state index in [-0.39, 0.29) is 0 Å².